The quantitative estimate of drug-likeness (QED) is 0.858. The van der Waals surface area contributed by atoms with Gasteiger partial charge in [-0.05, 0) is 30.7 Å². The van der Waals surface area contributed by atoms with Gasteiger partial charge in [-0.25, -0.2) is 13.1 Å². The van der Waals surface area contributed by atoms with Crippen molar-refractivity contribution in [3.63, 3.8) is 0 Å². The predicted octanol–water partition coefficient (Wildman–Crippen LogP) is 2.50. The first-order valence-electron chi connectivity index (χ1n) is 6.40. The van der Waals surface area contributed by atoms with E-state index in [1.54, 1.807) is 37.5 Å². The Morgan fingerprint density at radius 2 is 1.95 bits per heavy atom. The lowest BCUT2D eigenvalue weighted by molar-refractivity contribution is 0.515. The number of sulfonamides is 1. The van der Waals surface area contributed by atoms with Crippen LogP contribution < -0.4 is 10.0 Å². The molecule has 2 N–H and O–H groups in total. The van der Waals surface area contributed by atoms with Crippen LogP contribution in [0.5, 0.6) is 0 Å². The van der Waals surface area contributed by atoms with Crippen molar-refractivity contribution in [1.29, 1.82) is 0 Å². The third-order valence-electron chi connectivity index (χ3n) is 2.92. The molecule has 0 bridgehead atoms. The summed E-state index contributed by atoms with van der Waals surface area (Å²) in [6, 6.07) is 8.69. The summed E-state index contributed by atoms with van der Waals surface area (Å²) < 4.78 is 32.0. The molecule has 0 fully saturated rings. The predicted molar refractivity (Wildman–Crippen MR) is 78.1 cm³/mol. The fourth-order valence-electron chi connectivity index (χ4n) is 1.88. The molecule has 0 saturated heterocycles. The largest absolute Gasteiger partial charge is 0.467 e. The topological polar surface area (TPSA) is 71.3 Å². The number of benzene rings is 1. The number of para-hydroxylation sites is 1. The van der Waals surface area contributed by atoms with E-state index in [9.17, 15) is 8.42 Å². The Labute approximate surface area is 119 Å². The lowest BCUT2D eigenvalue weighted by Gasteiger charge is -2.12. The summed E-state index contributed by atoms with van der Waals surface area (Å²) in [4.78, 5) is 0.242. The van der Waals surface area contributed by atoms with E-state index in [1.807, 2.05) is 13.0 Å². The van der Waals surface area contributed by atoms with Gasteiger partial charge in [0.2, 0.25) is 10.0 Å². The minimum atomic E-state index is -3.49. The summed E-state index contributed by atoms with van der Waals surface area (Å²) in [5, 5.41) is 3.11. The van der Waals surface area contributed by atoms with E-state index in [1.165, 1.54) is 0 Å². The monoisotopic (exact) mass is 294 g/mol. The lowest BCUT2D eigenvalue weighted by Crippen LogP contribution is -2.24. The molecular formula is C14H18N2O3S. The van der Waals surface area contributed by atoms with Crippen LogP contribution in [-0.4, -0.2) is 15.0 Å². The summed E-state index contributed by atoms with van der Waals surface area (Å²) in [5.74, 6) is 0.792. The van der Waals surface area contributed by atoms with Crippen molar-refractivity contribution < 1.29 is 12.8 Å². The SMILES string of the molecule is CCNS(=O)(=O)c1ccccc1NCc1occc1C. The van der Waals surface area contributed by atoms with Crippen LogP contribution in [0.15, 0.2) is 45.9 Å². The summed E-state index contributed by atoms with van der Waals surface area (Å²) in [7, 11) is -3.49. The van der Waals surface area contributed by atoms with Crippen LogP contribution in [0.2, 0.25) is 0 Å². The number of furan rings is 1. The number of nitrogens with one attached hydrogen (secondary N) is 2. The van der Waals surface area contributed by atoms with Crippen LogP contribution in [0.25, 0.3) is 0 Å². The Morgan fingerprint density at radius 3 is 2.60 bits per heavy atom. The van der Waals surface area contributed by atoms with E-state index in [-0.39, 0.29) is 4.90 Å². The Hall–Kier alpha value is -1.79. The standard InChI is InChI=1S/C14H18N2O3S/c1-3-16-20(17,18)14-7-5-4-6-12(14)15-10-13-11(2)8-9-19-13/h4-9,15-16H,3,10H2,1-2H3. The normalized spacial score (nSPS) is 11.5. The molecule has 0 atom stereocenters. The molecule has 0 aliphatic heterocycles. The fraction of sp³-hybridized carbons (Fsp3) is 0.286. The highest BCUT2D eigenvalue weighted by atomic mass is 32.2. The molecule has 0 saturated carbocycles. The van der Waals surface area contributed by atoms with Crippen LogP contribution in [0.1, 0.15) is 18.2 Å². The van der Waals surface area contributed by atoms with Gasteiger partial charge in [-0.1, -0.05) is 19.1 Å². The minimum Gasteiger partial charge on any atom is -0.467 e. The maximum Gasteiger partial charge on any atom is 0.242 e. The van der Waals surface area contributed by atoms with E-state index >= 15 is 0 Å². The second-order valence-corrected chi connectivity index (χ2v) is 6.11. The van der Waals surface area contributed by atoms with Crippen molar-refractivity contribution in [2.75, 3.05) is 11.9 Å². The lowest BCUT2D eigenvalue weighted by atomic mass is 10.2. The van der Waals surface area contributed by atoms with Gasteiger partial charge in [0.15, 0.2) is 0 Å². The third kappa shape index (κ3) is 3.20. The molecule has 0 aliphatic carbocycles. The number of rotatable bonds is 6. The molecule has 0 amide bonds. The molecule has 20 heavy (non-hydrogen) atoms. The van der Waals surface area contributed by atoms with Gasteiger partial charge in [0, 0.05) is 6.54 Å². The summed E-state index contributed by atoms with van der Waals surface area (Å²) in [6.07, 6.45) is 1.62. The van der Waals surface area contributed by atoms with Crippen LogP contribution in [0.3, 0.4) is 0 Å². The molecule has 1 aromatic carbocycles. The van der Waals surface area contributed by atoms with Crippen molar-refractivity contribution in [3.8, 4) is 0 Å². The zero-order chi connectivity index (χ0) is 14.6. The van der Waals surface area contributed by atoms with Gasteiger partial charge >= 0.3 is 0 Å². The van der Waals surface area contributed by atoms with Crippen LogP contribution >= 0.6 is 0 Å². The molecule has 0 radical (unpaired) electrons. The highest BCUT2D eigenvalue weighted by Crippen LogP contribution is 2.22. The Morgan fingerprint density at radius 1 is 1.20 bits per heavy atom. The van der Waals surface area contributed by atoms with E-state index in [0.717, 1.165) is 11.3 Å². The fourth-order valence-corrected chi connectivity index (χ4v) is 3.10. The third-order valence-corrected chi connectivity index (χ3v) is 4.52. The Bertz CT molecular complexity index is 677. The summed E-state index contributed by atoms with van der Waals surface area (Å²) in [6.45, 7) is 4.49. The van der Waals surface area contributed by atoms with Gasteiger partial charge in [0.05, 0.1) is 18.5 Å². The first-order chi connectivity index (χ1) is 9.54. The summed E-state index contributed by atoms with van der Waals surface area (Å²) >= 11 is 0. The Kier molecular flexibility index (Phi) is 4.46. The van der Waals surface area contributed by atoms with Crippen LogP contribution in [0.4, 0.5) is 5.69 Å². The number of aryl methyl sites for hydroxylation is 1. The van der Waals surface area contributed by atoms with E-state index in [4.69, 9.17) is 4.42 Å². The van der Waals surface area contributed by atoms with E-state index in [0.29, 0.717) is 18.8 Å². The van der Waals surface area contributed by atoms with Gasteiger partial charge < -0.3 is 9.73 Å². The molecule has 5 nitrogen and oxygen atoms in total. The average molecular weight is 294 g/mol. The van der Waals surface area contributed by atoms with E-state index in [2.05, 4.69) is 10.0 Å². The van der Waals surface area contributed by atoms with Crippen molar-refractivity contribution >= 4 is 15.7 Å². The molecule has 2 rings (SSSR count). The molecule has 108 valence electrons. The molecule has 1 aromatic heterocycles. The molecule has 1 heterocycles. The molecule has 2 aromatic rings. The number of hydrogen-bond acceptors (Lipinski definition) is 4. The van der Waals surface area contributed by atoms with Crippen molar-refractivity contribution in [3.05, 3.63) is 47.9 Å². The van der Waals surface area contributed by atoms with E-state index < -0.39 is 10.0 Å². The zero-order valence-corrected chi connectivity index (χ0v) is 12.3. The molecule has 0 unspecified atom stereocenters. The second kappa shape index (κ2) is 6.11. The highest BCUT2D eigenvalue weighted by Gasteiger charge is 2.17. The molecule has 0 aliphatic rings. The van der Waals surface area contributed by atoms with Gasteiger partial charge in [-0.2, -0.15) is 0 Å². The average Bonchev–Trinajstić information content (AvgIpc) is 2.82. The maximum absolute atomic E-state index is 12.1. The number of hydrogen-bond donors (Lipinski definition) is 2. The highest BCUT2D eigenvalue weighted by molar-refractivity contribution is 7.89. The number of anilines is 1. The van der Waals surface area contributed by atoms with Crippen molar-refractivity contribution in [1.82, 2.24) is 4.72 Å². The van der Waals surface area contributed by atoms with Crippen LogP contribution in [0, 0.1) is 6.92 Å². The van der Waals surface area contributed by atoms with Gasteiger partial charge in [-0.3, -0.25) is 0 Å². The molecule has 6 heteroatoms. The van der Waals surface area contributed by atoms with Gasteiger partial charge in [0.25, 0.3) is 0 Å². The minimum absolute atomic E-state index is 0.242. The molecular weight excluding hydrogens is 276 g/mol. The van der Waals surface area contributed by atoms with Crippen molar-refractivity contribution in [2.24, 2.45) is 0 Å². The first kappa shape index (κ1) is 14.6. The Balaban J connectivity index is 2.23. The summed E-state index contributed by atoms with van der Waals surface area (Å²) in [5.41, 5.74) is 1.59. The van der Waals surface area contributed by atoms with Gasteiger partial charge in [-0.15, -0.1) is 0 Å². The van der Waals surface area contributed by atoms with Gasteiger partial charge in [0.1, 0.15) is 10.7 Å². The maximum atomic E-state index is 12.1. The zero-order valence-electron chi connectivity index (χ0n) is 11.5. The second-order valence-electron chi connectivity index (χ2n) is 4.38. The smallest absolute Gasteiger partial charge is 0.242 e. The molecule has 0 spiro atoms. The van der Waals surface area contributed by atoms with Crippen LogP contribution in [-0.2, 0) is 16.6 Å². The van der Waals surface area contributed by atoms with Crippen molar-refractivity contribution in [2.45, 2.75) is 25.3 Å². The first-order valence-corrected chi connectivity index (χ1v) is 7.88.